The number of nitrogens with zero attached hydrogens (tertiary/aromatic N) is 2. The highest BCUT2D eigenvalue weighted by molar-refractivity contribution is 5.89. The standard InChI is InChI=1S/C21H18N2O4/c1-24-18-9-15(10-19(25-2)21(18)26-3)20-17(12-23-27-20)14-5-4-13-6-7-22-11-16(13)8-14/h4-12H,1-3H3. The molecule has 4 aromatic rings. The van der Waals surface area contributed by atoms with Gasteiger partial charge in [-0.1, -0.05) is 17.3 Å². The van der Waals surface area contributed by atoms with Gasteiger partial charge in [-0.15, -0.1) is 0 Å². The molecule has 0 radical (unpaired) electrons. The Morgan fingerprint density at radius 3 is 2.26 bits per heavy atom. The summed E-state index contributed by atoms with van der Waals surface area (Å²) in [6.45, 7) is 0. The number of fused-ring (bicyclic) bond motifs is 1. The van der Waals surface area contributed by atoms with Crippen LogP contribution >= 0.6 is 0 Å². The summed E-state index contributed by atoms with van der Waals surface area (Å²) in [5.41, 5.74) is 2.64. The van der Waals surface area contributed by atoms with Crippen molar-refractivity contribution in [2.24, 2.45) is 0 Å². The van der Waals surface area contributed by atoms with Crippen LogP contribution in [0.4, 0.5) is 0 Å². The second-order valence-corrected chi connectivity index (χ2v) is 5.92. The fourth-order valence-electron chi connectivity index (χ4n) is 3.12. The third-order valence-electron chi connectivity index (χ3n) is 4.45. The first-order valence-electron chi connectivity index (χ1n) is 8.34. The average Bonchev–Trinajstić information content (AvgIpc) is 3.22. The van der Waals surface area contributed by atoms with Gasteiger partial charge in [-0.05, 0) is 35.2 Å². The van der Waals surface area contributed by atoms with Crippen LogP contribution < -0.4 is 14.2 Å². The molecule has 0 N–H and O–H groups in total. The molecule has 0 aliphatic carbocycles. The van der Waals surface area contributed by atoms with Crippen LogP contribution in [0.25, 0.3) is 33.2 Å². The summed E-state index contributed by atoms with van der Waals surface area (Å²) >= 11 is 0. The monoisotopic (exact) mass is 362 g/mol. The molecule has 0 atom stereocenters. The zero-order valence-electron chi connectivity index (χ0n) is 15.2. The van der Waals surface area contributed by atoms with E-state index in [1.165, 1.54) is 0 Å². The van der Waals surface area contributed by atoms with E-state index in [2.05, 4.69) is 22.3 Å². The van der Waals surface area contributed by atoms with Crippen molar-refractivity contribution in [2.75, 3.05) is 21.3 Å². The number of ether oxygens (including phenoxy) is 3. The molecule has 0 unspecified atom stereocenters. The molecule has 0 bridgehead atoms. The lowest BCUT2D eigenvalue weighted by Gasteiger charge is -2.13. The second kappa shape index (κ2) is 6.99. The van der Waals surface area contributed by atoms with E-state index < -0.39 is 0 Å². The quantitative estimate of drug-likeness (QED) is 0.518. The van der Waals surface area contributed by atoms with Gasteiger partial charge in [0, 0.05) is 28.9 Å². The second-order valence-electron chi connectivity index (χ2n) is 5.92. The van der Waals surface area contributed by atoms with Crippen molar-refractivity contribution >= 4 is 10.8 Å². The first kappa shape index (κ1) is 16.9. The van der Waals surface area contributed by atoms with Crippen LogP contribution in [-0.4, -0.2) is 31.5 Å². The van der Waals surface area contributed by atoms with Crippen LogP contribution in [0, 0.1) is 0 Å². The van der Waals surface area contributed by atoms with Crippen LogP contribution in [0.15, 0.2) is 59.5 Å². The van der Waals surface area contributed by atoms with Crippen molar-refractivity contribution in [3.63, 3.8) is 0 Å². The van der Waals surface area contributed by atoms with Gasteiger partial charge >= 0.3 is 0 Å². The Labute approximate surface area is 156 Å². The summed E-state index contributed by atoms with van der Waals surface area (Å²) in [6, 6.07) is 11.8. The maximum absolute atomic E-state index is 5.57. The fraction of sp³-hybridized carbons (Fsp3) is 0.143. The van der Waals surface area contributed by atoms with Crippen LogP contribution in [0.1, 0.15) is 0 Å². The lowest BCUT2D eigenvalue weighted by molar-refractivity contribution is 0.324. The van der Waals surface area contributed by atoms with Gasteiger partial charge in [0.1, 0.15) is 0 Å². The fourth-order valence-corrected chi connectivity index (χ4v) is 3.12. The van der Waals surface area contributed by atoms with Gasteiger partial charge in [0.05, 0.1) is 27.5 Å². The Kier molecular flexibility index (Phi) is 4.38. The molecule has 0 fully saturated rings. The van der Waals surface area contributed by atoms with Crippen LogP contribution in [0.3, 0.4) is 0 Å². The zero-order chi connectivity index (χ0) is 18.8. The van der Waals surface area contributed by atoms with Crippen molar-refractivity contribution in [1.29, 1.82) is 0 Å². The van der Waals surface area contributed by atoms with Crippen molar-refractivity contribution in [1.82, 2.24) is 10.1 Å². The minimum absolute atomic E-state index is 0.529. The number of rotatable bonds is 5. The van der Waals surface area contributed by atoms with Crippen molar-refractivity contribution in [3.8, 4) is 39.7 Å². The first-order chi connectivity index (χ1) is 13.2. The van der Waals surface area contributed by atoms with Crippen molar-refractivity contribution in [3.05, 3.63) is 55.0 Å². The minimum atomic E-state index is 0.529. The number of aromatic nitrogens is 2. The summed E-state index contributed by atoms with van der Waals surface area (Å²) in [5, 5.41) is 6.18. The number of hydrogen-bond acceptors (Lipinski definition) is 6. The molecule has 0 saturated heterocycles. The third-order valence-corrected chi connectivity index (χ3v) is 4.45. The van der Waals surface area contributed by atoms with Gasteiger partial charge in [0.15, 0.2) is 17.3 Å². The summed E-state index contributed by atoms with van der Waals surface area (Å²) in [5.74, 6) is 2.26. The predicted molar refractivity (Wildman–Crippen MR) is 102 cm³/mol. The number of pyridine rings is 1. The molecule has 0 saturated carbocycles. The molecule has 2 aromatic carbocycles. The molecule has 4 rings (SSSR count). The summed E-state index contributed by atoms with van der Waals surface area (Å²) < 4.78 is 21.9. The summed E-state index contributed by atoms with van der Waals surface area (Å²) in [6.07, 6.45) is 5.32. The molecule has 2 aromatic heterocycles. The Hall–Kier alpha value is -3.54. The van der Waals surface area contributed by atoms with E-state index in [1.54, 1.807) is 33.7 Å². The van der Waals surface area contributed by atoms with E-state index in [4.69, 9.17) is 18.7 Å². The molecule has 0 aliphatic heterocycles. The lowest BCUT2D eigenvalue weighted by Crippen LogP contribution is -1.95. The molecule has 0 amide bonds. The molecule has 6 nitrogen and oxygen atoms in total. The summed E-state index contributed by atoms with van der Waals surface area (Å²) in [7, 11) is 4.74. The van der Waals surface area contributed by atoms with Crippen LogP contribution in [0.2, 0.25) is 0 Å². The molecule has 0 aliphatic rings. The van der Waals surface area contributed by atoms with Gasteiger partial charge in [-0.25, -0.2) is 0 Å². The van der Waals surface area contributed by atoms with Crippen LogP contribution in [0.5, 0.6) is 17.2 Å². The first-order valence-corrected chi connectivity index (χ1v) is 8.34. The highest BCUT2D eigenvalue weighted by Gasteiger charge is 2.19. The number of hydrogen-bond donors (Lipinski definition) is 0. The van der Waals surface area contributed by atoms with Gasteiger partial charge in [-0.2, -0.15) is 0 Å². The molecule has 2 heterocycles. The number of benzene rings is 2. The average molecular weight is 362 g/mol. The topological polar surface area (TPSA) is 66.6 Å². The van der Waals surface area contributed by atoms with E-state index in [9.17, 15) is 0 Å². The Bertz CT molecular complexity index is 1080. The maximum atomic E-state index is 5.57. The Morgan fingerprint density at radius 2 is 1.56 bits per heavy atom. The minimum Gasteiger partial charge on any atom is -0.493 e. The van der Waals surface area contributed by atoms with Gasteiger partial charge in [0.2, 0.25) is 5.75 Å². The summed E-state index contributed by atoms with van der Waals surface area (Å²) in [4.78, 5) is 4.19. The van der Waals surface area contributed by atoms with E-state index >= 15 is 0 Å². The molecular formula is C21H18N2O4. The van der Waals surface area contributed by atoms with Gasteiger partial charge in [-0.3, -0.25) is 4.98 Å². The maximum Gasteiger partial charge on any atom is 0.203 e. The zero-order valence-corrected chi connectivity index (χ0v) is 15.2. The molecular weight excluding hydrogens is 344 g/mol. The Balaban J connectivity index is 1.86. The van der Waals surface area contributed by atoms with E-state index in [-0.39, 0.29) is 0 Å². The largest absolute Gasteiger partial charge is 0.493 e. The smallest absolute Gasteiger partial charge is 0.203 e. The third kappa shape index (κ3) is 2.95. The van der Waals surface area contributed by atoms with E-state index in [1.807, 2.05) is 30.5 Å². The number of methoxy groups -OCH3 is 3. The van der Waals surface area contributed by atoms with E-state index in [0.29, 0.717) is 23.0 Å². The highest BCUT2D eigenvalue weighted by Crippen LogP contribution is 2.43. The van der Waals surface area contributed by atoms with Crippen molar-refractivity contribution in [2.45, 2.75) is 0 Å². The normalized spacial score (nSPS) is 10.8. The molecule has 6 heteroatoms. The van der Waals surface area contributed by atoms with Gasteiger partial charge in [0.25, 0.3) is 0 Å². The predicted octanol–water partition coefficient (Wildman–Crippen LogP) is 4.58. The Morgan fingerprint density at radius 1 is 0.778 bits per heavy atom. The van der Waals surface area contributed by atoms with Crippen LogP contribution in [-0.2, 0) is 0 Å². The molecule has 136 valence electrons. The highest BCUT2D eigenvalue weighted by atomic mass is 16.5. The van der Waals surface area contributed by atoms with E-state index in [0.717, 1.165) is 27.5 Å². The lowest BCUT2D eigenvalue weighted by atomic mass is 10.00. The van der Waals surface area contributed by atoms with Gasteiger partial charge < -0.3 is 18.7 Å². The molecule has 27 heavy (non-hydrogen) atoms. The SMILES string of the molecule is COc1cc(-c2oncc2-c2ccc3ccncc3c2)cc(OC)c1OC. The molecule has 0 spiro atoms. The van der Waals surface area contributed by atoms with Crippen molar-refractivity contribution < 1.29 is 18.7 Å².